The van der Waals surface area contributed by atoms with E-state index in [0.29, 0.717) is 22.0 Å². The summed E-state index contributed by atoms with van der Waals surface area (Å²) in [5.74, 6) is -2.18. The number of carboxylic acids is 1. The van der Waals surface area contributed by atoms with Crippen LogP contribution in [0.3, 0.4) is 0 Å². The number of carbonyl (C=O) groups is 2. The minimum Gasteiger partial charge on any atom is -0.548 e. The molecule has 0 aromatic heterocycles. The monoisotopic (exact) mass is 361 g/mol. The van der Waals surface area contributed by atoms with Crippen molar-refractivity contribution < 1.29 is 23.1 Å². The Kier molecular flexibility index (Phi) is 4.04. The number of aliphatic carboxylic acids is 1. The molecule has 2 aromatic rings. The molecule has 8 heteroatoms. The van der Waals surface area contributed by atoms with Crippen LogP contribution in [0.2, 0.25) is 0 Å². The maximum absolute atomic E-state index is 12.8. The molecule has 0 spiro atoms. The van der Waals surface area contributed by atoms with E-state index < -0.39 is 28.0 Å². The lowest BCUT2D eigenvalue weighted by atomic mass is 10.1. The lowest BCUT2D eigenvalue weighted by Crippen LogP contribution is -2.50. The molecule has 0 bridgehead atoms. The van der Waals surface area contributed by atoms with E-state index in [-0.39, 0.29) is 10.8 Å². The first-order chi connectivity index (χ1) is 11.6. The molecule has 0 saturated carbocycles. The number of amides is 1. The molecule has 1 N–H and O–H groups in total. The Hall–Kier alpha value is -2.45. The normalized spacial score (nSPS) is 15.2. The van der Waals surface area contributed by atoms with Crippen LogP contribution in [0.1, 0.15) is 24.2 Å². The molecule has 1 amide bonds. The summed E-state index contributed by atoms with van der Waals surface area (Å²) in [5, 5.41) is 12.2. The van der Waals surface area contributed by atoms with Crippen LogP contribution < -0.4 is 14.7 Å². The van der Waals surface area contributed by atoms with E-state index in [2.05, 4.69) is 4.72 Å². The van der Waals surface area contributed by atoms with Gasteiger partial charge in [-0.05, 0) is 24.1 Å². The Labute approximate surface area is 145 Å². The number of hydrogen-bond donors (Lipinski definition) is 1. The summed E-state index contributed by atoms with van der Waals surface area (Å²) in [6.07, 6.45) is 0. The van der Waals surface area contributed by atoms with Gasteiger partial charge in [0.25, 0.3) is 5.91 Å². The lowest BCUT2D eigenvalue weighted by Gasteiger charge is -2.23. The molecule has 2 aromatic carbocycles. The number of nitrogens with zero attached hydrogens (tertiary/aromatic N) is 1. The Morgan fingerprint density at radius 3 is 2.48 bits per heavy atom. The van der Waals surface area contributed by atoms with Gasteiger partial charge >= 0.3 is 0 Å². The van der Waals surface area contributed by atoms with E-state index in [1.165, 1.54) is 11.0 Å². The first-order valence-electron chi connectivity index (χ1n) is 7.72. The highest BCUT2D eigenvalue weighted by atomic mass is 32.2. The highest BCUT2D eigenvalue weighted by Gasteiger charge is 2.31. The quantitative estimate of drug-likeness (QED) is 0.834. The SMILES string of the molecule is CC(C)[C@H](NS(=O)(=O)c1ccc2c3c(cccc13)C(=O)N2C)C(=O)[O-]. The summed E-state index contributed by atoms with van der Waals surface area (Å²) in [6, 6.07) is 6.43. The molecule has 132 valence electrons. The zero-order chi connectivity index (χ0) is 18.5. The van der Waals surface area contributed by atoms with Crippen molar-refractivity contribution in [3.63, 3.8) is 0 Å². The summed E-state index contributed by atoms with van der Waals surface area (Å²) < 4.78 is 27.7. The van der Waals surface area contributed by atoms with Crippen LogP contribution in [0.5, 0.6) is 0 Å². The molecule has 0 unspecified atom stereocenters. The molecule has 1 aliphatic rings. The Morgan fingerprint density at radius 1 is 1.20 bits per heavy atom. The van der Waals surface area contributed by atoms with Crippen molar-refractivity contribution >= 4 is 38.4 Å². The van der Waals surface area contributed by atoms with Crippen molar-refractivity contribution in [2.45, 2.75) is 24.8 Å². The average molecular weight is 361 g/mol. The van der Waals surface area contributed by atoms with Gasteiger partial charge in [-0.3, -0.25) is 4.79 Å². The molecule has 25 heavy (non-hydrogen) atoms. The third kappa shape index (κ3) is 2.67. The number of rotatable bonds is 5. The second-order valence-corrected chi connectivity index (χ2v) is 8.02. The van der Waals surface area contributed by atoms with E-state index in [9.17, 15) is 23.1 Å². The fourth-order valence-electron chi connectivity index (χ4n) is 3.03. The molecule has 0 fully saturated rings. The van der Waals surface area contributed by atoms with Gasteiger partial charge in [0.1, 0.15) is 0 Å². The maximum Gasteiger partial charge on any atom is 0.258 e. The molecule has 0 radical (unpaired) electrons. The van der Waals surface area contributed by atoms with Crippen LogP contribution in [-0.4, -0.2) is 33.4 Å². The molecule has 0 saturated heterocycles. The number of sulfonamides is 1. The van der Waals surface area contributed by atoms with Gasteiger partial charge in [0.05, 0.1) is 22.6 Å². The van der Waals surface area contributed by atoms with Crippen LogP contribution in [0.25, 0.3) is 10.8 Å². The molecule has 1 aliphatic heterocycles. The topological polar surface area (TPSA) is 107 Å². The van der Waals surface area contributed by atoms with E-state index >= 15 is 0 Å². The third-order valence-electron chi connectivity index (χ3n) is 4.37. The number of carbonyl (C=O) groups excluding carboxylic acids is 2. The summed E-state index contributed by atoms with van der Waals surface area (Å²) in [5.41, 5.74) is 1.04. The Balaban J connectivity index is 2.18. The standard InChI is InChI=1S/C17H18N2O5S/c1-9(2)15(17(21)22)18-25(23,24)13-8-7-12-14-10(13)5-4-6-11(14)16(20)19(12)3/h4-9,15,18H,1-3H3,(H,21,22)/p-1/t15-/m0/s1. The number of hydrogen-bond acceptors (Lipinski definition) is 5. The van der Waals surface area contributed by atoms with E-state index in [0.717, 1.165) is 0 Å². The number of benzene rings is 2. The summed E-state index contributed by atoms with van der Waals surface area (Å²) >= 11 is 0. The zero-order valence-electron chi connectivity index (χ0n) is 13.9. The molecule has 7 nitrogen and oxygen atoms in total. The lowest BCUT2D eigenvalue weighted by molar-refractivity contribution is -0.309. The zero-order valence-corrected chi connectivity index (χ0v) is 14.8. The number of carboxylic acid groups (broad SMARTS) is 1. The largest absolute Gasteiger partial charge is 0.548 e. The van der Waals surface area contributed by atoms with Crippen molar-refractivity contribution in [1.82, 2.24) is 4.72 Å². The molecular weight excluding hydrogens is 344 g/mol. The predicted octanol–water partition coefficient (Wildman–Crippen LogP) is 0.483. The van der Waals surface area contributed by atoms with Gasteiger partial charge in [-0.1, -0.05) is 26.0 Å². The predicted molar refractivity (Wildman–Crippen MR) is 90.6 cm³/mol. The van der Waals surface area contributed by atoms with Crippen molar-refractivity contribution in [1.29, 1.82) is 0 Å². The van der Waals surface area contributed by atoms with Gasteiger partial charge in [-0.2, -0.15) is 0 Å². The van der Waals surface area contributed by atoms with Gasteiger partial charge in [-0.25, -0.2) is 13.1 Å². The maximum atomic E-state index is 12.8. The van der Waals surface area contributed by atoms with Gasteiger partial charge in [0.15, 0.2) is 0 Å². The first kappa shape index (κ1) is 17.4. The van der Waals surface area contributed by atoms with Crippen molar-refractivity contribution in [2.75, 3.05) is 11.9 Å². The van der Waals surface area contributed by atoms with E-state index in [1.54, 1.807) is 45.2 Å². The van der Waals surface area contributed by atoms with Crippen LogP contribution in [0, 0.1) is 5.92 Å². The first-order valence-corrected chi connectivity index (χ1v) is 9.20. The van der Waals surface area contributed by atoms with Crippen LogP contribution in [0.15, 0.2) is 35.2 Å². The molecule has 0 aliphatic carbocycles. The molecule has 1 heterocycles. The van der Waals surface area contributed by atoms with Crippen LogP contribution >= 0.6 is 0 Å². The summed E-state index contributed by atoms with van der Waals surface area (Å²) in [4.78, 5) is 24.9. The van der Waals surface area contributed by atoms with Gasteiger partial charge in [-0.15, -0.1) is 0 Å². The average Bonchev–Trinajstić information content (AvgIpc) is 2.79. The number of anilines is 1. The summed E-state index contributed by atoms with van der Waals surface area (Å²) in [7, 11) is -2.50. The Morgan fingerprint density at radius 2 is 1.88 bits per heavy atom. The van der Waals surface area contributed by atoms with E-state index in [1.807, 2.05) is 0 Å². The van der Waals surface area contributed by atoms with E-state index in [4.69, 9.17) is 0 Å². The van der Waals surface area contributed by atoms with Crippen molar-refractivity contribution in [3.8, 4) is 0 Å². The van der Waals surface area contributed by atoms with Gasteiger partial charge in [0.2, 0.25) is 10.0 Å². The fraction of sp³-hybridized carbons (Fsp3) is 0.294. The second-order valence-electron chi connectivity index (χ2n) is 6.34. The van der Waals surface area contributed by atoms with Gasteiger partial charge < -0.3 is 14.8 Å². The van der Waals surface area contributed by atoms with Crippen molar-refractivity contribution in [3.05, 3.63) is 35.9 Å². The Bertz CT molecular complexity index is 998. The van der Waals surface area contributed by atoms with Gasteiger partial charge in [0, 0.05) is 23.4 Å². The highest BCUT2D eigenvalue weighted by Crippen LogP contribution is 2.39. The molecule has 1 atom stereocenters. The fourth-order valence-corrected chi connectivity index (χ4v) is 4.57. The minimum atomic E-state index is -4.12. The smallest absolute Gasteiger partial charge is 0.258 e. The second kappa shape index (κ2) is 5.82. The third-order valence-corrected chi connectivity index (χ3v) is 5.87. The van der Waals surface area contributed by atoms with Crippen LogP contribution in [-0.2, 0) is 14.8 Å². The molecular formula is C17H17N2O5S-. The minimum absolute atomic E-state index is 0.0666. The van der Waals surface area contributed by atoms with Crippen molar-refractivity contribution in [2.24, 2.45) is 5.92 Å². The van der Waals surface area contributed by atoms with Crippen LogP contribution in [0.4, 0.5) is 5.69 Å². The molecule has 3 rings (SSSR count). The number of nitrogens with one attached hydrogen (secondary N) is 1. The highest BCUT2D eigenvalue weighted by molar-refractivity contribution is 7.89. The summed E-state index contributed by atoms with van der Waals surface area (Å²) in [6.45, 7) is 3.17.